The van der Waals surface area contributed by atoms with Crippen LogP contribution in [0.3, 0.4) is 0 Å². The lowest BCUT2D eigenvalue weighted by atomic mass is 10.1. The molecule has 0 bridgehead atoms. The van der Waals surface area contributed by atoms with E-state index in [2.05, 4.69) is 6.92 Å². The van der Waals surface area contributed by atoms with Gasteiger partial charge in [0.25, 0.3) is 0 Å². The molecule has 0 saturated heterocycles. The highest BCUT2D eigenvalue weighted by Gasteiger charge is 2.13. The van der Waals surface area contributed by atoms with Crippen LogP contribution in [0.4, 0.5) is 0 Å². The van der Waals surface area contributed by atoms with E-state index < -0.39 is 0 Å². The average molecular weight is 435 g/mol. The van der Waals surface area contributed by atoms with Crippen molar-refractivity contribution < 1.29 is 23.7 Å². The van der Waals surface area contributed by atoms with Gasteiger partial charge in [-0.3, -0.25) is 4.79 Å². The van der Waals surface area contributed by atoms with Gasteiger partial charge in [0.15, 0.2) is 11.5 Å². The van der Waals surface area contributed by atoms with Crippen LogP contribution in [-0.4, -0.2) is 26.3 Å². The highest BCUT2D eigenvalue weighted by atomic mass is 16.5. The number of carbonyl (C=O) groups excluding carboxylic acids is 1. The minimum atomic E-state index is -0.268. The molecule has 3 aromatic rings. The van der Waals surface area contributed by atoms with Crippen molar-refractivity contribution in [2.75, 3.05) is 20.3 Å². The number of rotatable bonds is 12. The lowest BCUT2D eigenvalue weighted by Gasteiger charge is -2.19. The summed E-state index contributed by atoms with van der Waals surface area (Å²) in [5, 5.41) is 0. The highest BCUT2D eigenvalue weighted by Crippen LogP contribution is 2.31. The molecule has 168 valence electrons. The van der Waals surface area contributed by atoms with Crippen LogP contribution in [0, 0.1) is 5.92 Å². The first kappa shape index (κ1) is 23.2. The first-order valence-electron chi connectivity index (χ1n) is 10.9. The maximum absolute atomic E-state index is 11.5. The Bertz CT molecular complexity index is 971. The largest absolute Gasteiger partial charge is 0.493 e. The number of methoxy groups -OCH3 is 1. The van der Waals surface area contributed by atoms with Crippen LogP contribution < -0.4 is 14.2 Å². The summed E-state index contributed by atoms with van der Waals surface area (Å²) in [6.07, 6.45) is 2.24. The molecule has 0 N–H and O–H groups in total. The number of hydrogen-bond acceptors (Lipinski definition) is 5. The van der Waals surface area contributed by atoms with E-state index >= 15 is 0 Å². The van der Waals surface area contributed by atoms with Crippen LogP contribution in [0.25, 0.3) is 0 Å². The number of benzene rings is 3. The zero-order chi connectivity index (χ0) is 22.6. The molecule has 3 aromatic carbocycles. The molecule has 1 unspecified atom stereocenters. The summed E-state index contributed by atoms with van der Waals surface area (Å²) < 4.78 is 22.9. The molecular weight excluding hydrogens is 404 g/mol. The second-order valence-electron chi connectivity index (χ2n) is 7.54. The molecule has 0 aliphatic carbocycles. The van der Waals surface area contributed by atoms with Crippen molar-refractivity contribution in [2.24, 2.45) is 5.92 Å². The average Bonchev–Trinajstić information content (AvgIpc) is 2.82. The van der Waals surface area contributed by atoms with E-state index in [1.807, 2.05) is 78.9 Å². The molecule has 5 nitrogen and oxygen atoms in total. The summed E-state index contributed by atoms with van der Waals surface area (Å²) >= 11 is 0. The van der Waals surface area contributed by atoms with E-state index in [-0.39, 0.29) is 18.3 Å². The van der Waals surface area contributed by atoms with Crippen molar-refractivity contribution in [1.29, 1.82) is 0 Å². The van der Waals surface area contributed by atoms with Crippen LogP contribution in [0.1, 0.15) is 25.3 Å². The summed E-state index contributed by atoms with van der Waals surface area (Å²) in [4.78, 5) is 11.5. The van der Waals surface area contributed by atoms with Crippen molar-refractivity contribution in [1.82, 2.24) is 0 Å². The standard InChI is InChI=1S/C27H30O5/c1-3-10-22(19-30-24-14-9-11-21(17-24)18-27(28)29-2)20-31-25-15-7-8-16-26(25)32-23-12-5-4-6-13-23/h4-9,11-17,22H,3,10,18-20H2,1-2H3. The Morgan fingerprint density at radius 1 is 0.812 bits per heavy atom. The molecule has 0 radical (unpaired) electrons. The van der Waals surface area contributed by atoms with E-state index in [0.717, 1.165) is 29.9 Å². The molecule has 3 rings (SSSR count). The third kappa shape index (κ3) is 7.34. The third-order valence-electron chi connectivity index (χ3n) is 4.95. The van der Waals surface area contributed by atoms with Crippen LogP contribution in [-0.2, 0) is 16.0 Å². The summed E-state index contributed by atoms with van der Waals surface area (Å²) in [6.45, 7) is 3.19. The molecule has 0 aliphatic heterocycles. The zero-order valence-electron chi connectivity index (χ0n) is 18.7. The van der Waals surface area contributed by atoms with Gasteiger partial charge in [-0.25, -0.2) is 0 Å². The van der Waals surface area contributed by atoms with E-state index in [4.69, 9.17) is 18.9 Å². The van der Waals surface area contributed by atoms with E-state index in [0.29, 0.717) is 24.7 Å². The fraction of sp³-hybridized carbons (Fsp3) is 0.296. The van der Waals surface area contributed by atoms with Crippen LogP contribution >= 0.6 is 0 Å². The molecule has 0 spiro atoms. The lowest BCUT2D eigenvalue weighted by molar-refractivity contribution is -0.139. The van der Waals surface area contributed by atoms with Crippen molar-refractivity contribution in [3.8, 4) is 23.0 Å². The minimum Gasteiger partial charge on any atom is -0.493 e. The van der Waals surface area contributed by atoms with Gasteiger partial charge in [0.1, 0.15) is 11.5 Å². The van der Waals surface area contributed by atoms with Crippen LogP contribution in [0.15, 0.2) is 78.9 Å². The third-order valence-corrected chi connectivity index (χ3v) is 4.95. The summed E-state index contributed by atoms with van der Waals surface area (Å²) in [5.74, 6) is 2.84. The quantitative estimate of drug-likeness (QED) is 0.324. The van der Waals surface area contributed by atoms with Crippen molar-refractivity contribution >= 4 is 5.97 Å². The van der Waals surface area contributed by atoms with Gasteiger partial charge < -0.3 is 18.9 Å². The maximum atomic E-state index is 11.5. The molecule has 0 amide bonds. The van der Waals surface area contributed by atoms with Gasteiger partial charge in [-0.2, -0.15) is 0 Å². The molecule has 0 saturated carbocycles. The first-order chi connectivity index (χ1) is 15.7. The van der Waals surface area contributed by atoms with Gasteiger partial charge in [0.2, 0.25) is 0 Å². The number of carbonyl (C=O) groups is 1. The van der Waals surface area contributed by atoms with E-state index in [9.17, 15) is 4.79 Å². The monoisotopic (exact) mass is 434 g/mol. The Morgan fingerprint density at radius 3 is 2.25 bits per heavy atom. The van der Waals surface area contributed by atoms with Gasteiger partial charge in [0.05, 0.1) is 26.7 Å². The number of para-hydroxylation sites is 3. The Morgan fingerprint density at radius 2 is 1.50 bits per heavy atom. The molecule has 0 aromatic heterocycles. The smallest absolute Gasteiger partial charge is 0.309 e. The number of esters is 1. The summed E-state index contributed by atoms with van der Waals surface area (Å²) in [6, 6.07) is 24.9. The molecular formula is C27H30O5. The molecule has 0 heterocycles. The zero-order valence-corrected chi connectivity index (χ0v) is 18.7. The number of hydrogen-bond donors (Lipinski definition) is 0. The Balaban J connectivity index is 1.58. The van der Waals surface area contributed by atoms with Gasteiger partial charge in [-0.05, 0) is 48.4 Å². The highest BCUT2D eigenvalue weighted by molar-refractivity contribution is 5.72. The van der Waals surface area contributed by atoms with Gasteiger partial charge in [0, 0.05) is 5.92 Å². The topological polar surface area (TPSA) is 54.0 Å². The van der Waals surface area contributed by atoms with Gasteiger partial charge in [-0.1, -0.05) is 55.8 Å². The fourth-order valence-electron chi connectivity index (χ4n) is 3.30. The molecule has 1 atom stereocenters. The first-order valence-corrected chi connectivity index (χ1v) is 10.9. The summed E-state index contributed by atoms with van der Waals surface area (Å²) in [7, 11) is 1.39. The molecule has 5 heteroatoms. The van der Waals surface area contributed by atoms with E-state index in [1.165, 1.54) is 7.11 Å². The van der Waals surface area contributed by atoms with Gasteiger partial charge in [-0.15, -0.1) is 0 Å². The van der Waals surface area contributed by atoms with Crippen LogP contribution in [0.5, 0.6) is 23.0 Å². The maximum Gasteiger partial charge on any atom is 0.309 e. The van der Waals surface area contributed by atoms with E-state index in [1.54, 1.807) is 0 Å². The number of ether oxygens (including phenoxy) is 4. The minimum absolute atomic E-state index is 0.217. The Hall–Kier alpha value is -3.47. The van der Waals surface area contributed by atoms with Crippen molar-refractivity contribution in [2.45, 2.75) is 26.2 Å². The normalized spacial score (nSPS) is 11.4. The molecule has 0 fully saturated rings. The SMILES string of the molecule is CCCC(COc1cccc(CC(=O)OC)c1)COc1ccccc1Oc1ccccc1. The molecule has 0 aliphatic rings. The predicted molar refractivity (Wildman–Crippen MR) is 125 cm³/mol. The van der Waals surface area contributed by atoms with Crippen molar-refractivity contribution in [3.05, 3.63) is 84.4 Å². The Labute approximate surface area is 189 Å². The summed E-state index contributed by atoms with van der Waals surface area (Å²) in [5.41, 5.74) is 0.865. The lowest BCUT2D eigenvalue weighted by Crippen LogP contribution is -2.20. The second kappa shape index (κ2) is 12.4. The second-order valence-corrected chi connectivity index (χ2v) is 7.54. The predicted octanol–water partition coefficient (Wildman–Crippen LogP) is 6.07. The van der Waals surface area contributed by atoms with Crippen molar-refractivity contribution in [3.63, 3.8) is 0 Å². The molecule has 32 heavy (non-hydrogen) atoms. The Kier molecular flexibility index (Phi) is 8.99. The van der Waals surface area contributed by atoms with Crippen LogP contribution in [0.2, 0.25) is 0 Å². The van der Waals surface area contributed by atoms with Gasteiger partial charge >= 0.3 is 5.97 Å². The fourth-order valence-corrected chi connectivity index (χ4v) is 3.30.